The first-order chi connectivity index (χ1) is 31.7. The third-order valence-electron chi connectivity index (χ3n) is 12.7. The lowest BCUT2D eigenvalue weighted by molar-refractivity contribution is 1.28. The summed E-state index contributed by atoms with van der Waals surface area (Å²) in [6.07, 6.45) is 0. The summed E-state index contributed by atoms with van der Waals surface area (Å²) >= 11 is 1.86. The van der Waals surface area contributed by atoms with E-state index in [-0.39, 0.29) is 0 Å². The van der Waals surface area contributed by atoms with Crippen molar-refractivity contribution in [3.05, 3.63) is 249 Å². The van der Waals surface area contributed by atoms with Crippen LogP contribution in [0.5, 0.6) is 0 Å². The molecule has 64 heavy (non-hydrogen) atoms. The lowest BCUT2D eigenvalue weighted by atomic mass is 9.87. The van der Waals surface area contributed by atoms with E-state index < -0.39 is 0 Å². The summed E-state index contributed by atoms with van der Waals surface area (Å²) in [7, 11) is 0. The SMILES string of the molecule is c1ccc(-c2ccccc2-c2c(-c3ccccc3)cccc2N(c2ccc(-c3ccc4sc5ccccc5c4c3)cc2)c2ccc(-c3cc4ccccc4c4ccccc34)cc2)cc1. The second-order valence-electron chi connectivity index (χ2n) is 16.4. The number of hydrogen-bond acceptors (Lipinski definition) is 2. The first-order valence-electron chi connectivity index (χ1n) is 21.9. The van der Waals surface area contributed by atoms with E-state index in [0.717, 1.165) is 17.1 Å². The molecule has 1 aromatic heterocycles. The average molecular weight is 832 g/mol. The fourth-order valence-electron chi connectivity index (χ4n) is 9.66. The van der Waals surface area contributed by atoms with E-state index in [1.165, 1.54) is 97.4 Å². The Balaban J connectivity index is 1.06. The van der Waals surface area contributed by atoms with Crippen molar-refractivity contribution in [1.29, 1.82) is 0 Å². The molecule has 12 aromatic rings. The Morgan fingerprint density at radius 3 is 1.52 bits per heavy atom. The third kappa shape index (κ3) is 6.64. The summed E-state index contributed by atoms with van der Waals surface area (Å²) in [5.74, 6) is 0. The van der Waals surface area contributed by atoms with Crippen LogP contribution in [0.15, 0.2) is 249 Å². The molecule has 12 rings (SSSR count). The number of rotatable bonds is 8. The van der Waals surface area contributed by atoms with Gasteiger partial charge in [0.05, 0.1) is 5.69 Å². The zero-order chi connectivity index (χ0) is 42.4. The Hall–Kier alpha value is -8.04. The van der Waals surface area contributed by atoms with Gasteiger partial charge >= 0.3 is 0 Å². The summed E-state index contributed by atoms with van der Waals surface area (Å²) in [4.78, 5) is 2.45. The Morgan fingerprint density at radius 2 is 0.781 bits per heavy atom. The van der Waals surface area contributed by atoms with Crippen LogP contribution in [0.1, 0.15) is 0 Å². The number of thiophene rings is 1. The topological polar surface area (TPSA) is 3.24 Å². The largest absolute Gasteiger partial charge is 0.310 e. The second-order valence-corrected chi connectivity index (χ2v) is 17.5. The van der Waals surface area contributed by atoms with Crippen molar-refractivity contribution >= 4 is 70.1 Å². The zero-order valence-corrected chi connectivity index (χ0v) is 35.8. The van der Waals surface area contributed by atoms with Crippen LogP contribution in [0.4, 0.5) is 17.1 Å². The Labute approximate surface area is 377 Å². The monoisotopic (exact) mass is 831 g/mol. The minimum Gasteiger partial charge on any atom is -0.310 e. The summed E-state index contributed by atoms with van der Waals surface area (Å²) in [5.41, 5.74) is 15.2. The molecule has 0 amide bonds. The van der Waals surface area contributed by atoms with Crippen LogP contribution in [0, 0.1) is 0 Å². The first kappa shape index (κ1) is 37.7. The van der Waals surface area contributed by atoms with Gasteiger partial charge in [0.25, 0.3) is 0 Å². The Bertz CT molecular complexity index is 3640. The lowest BCUT2D eigenvalue weighted by Crippen LogP contribution is -2.12. The van der Waals surface area contributed by atoms with Crippen LogP contribution >= 0.6 is 11.3 Å². The number of hydrogen-bond donors (Lipinski definition) is 0. The molecular formula is C62H41NS. The molecule has 0 atom stereocenters. The minimum absolute atomic E-state index is 1.08. The molecule has 0 aliphatic heterocycles. The number of benzene rings is 11. The molecule has 0 aliphatic carbocycles. The summed E-state index contributed by atoms with van der Waals surface area (Å²) < 4.78 is 2.64. The van der Waals surface area contributed by atoms with Gasteiger partial charge in [-0.2, -0.15) is 0 Å². The van der Waals surface area contributed by atoms with Crippen LogP contribution in [0.2, 0.25) is 0 Å². The van der Waals surface area contributed by atoms with Crippen LogP contribution in [0.25, 0.3) is 97.4 Å². The molecule has 0 aliphatic rings. The molecule has 0 bridgehead atoms. The standard InChI is InChI=1S/C62H41NS/c1-3-16-43(17-4-1)50-21-9-12-26-56(50)62-52(44-18-5-2-6-19-44)27-15-28-59(62)63(48-35-30-42(31-36-48)46-34-39-61-58(40-46)55-25-13-14-29-60(55)64-61)49-37-32-45(33-38-49)57-41-47-20-7-8-22-51(47)53-23-10-11-24-54(53)57/h1-41H. The van der Waals surface area contributed by atoms with Gasteiger partial charge in [-0.05, 0) is 126 Å². The molecule has 0 saturated carbocycles. The molecular weight excluding hydrogens is 791 g/mol. The van der Waals surface area contributed by atoms with E-state index in [1.807, 2.05) is 11.3 Å². The van der Waals surface area contributed by atoms with Crippen molar-refractivity contribution in [2.24, 2.45) is 0 Å². The van der Waals surface area contributed by atoms with Crippen molar-refractivity contribution < 1.29 is 0 Å². The highest BCUT2D eigenvalue weighted by Gasteiger charge is 2.23. The third-order valence-corrected chi connectivity index (χ3v) is 13.8. The van der Waals surface area contributed by atoms with Gasteiger partial charge in [-0.25, -0.2) is 0 Å². The maximum Gasteiger partial charge on any atom is 0.0546 e. The predicted octanol–water partition coefficient (Wildman–Crippen LogP) is 18.2. The number of nitrogens with zero attached hydrogens (tertiary/aromatic N) is 1. The highest BCUT2D eigenvalue weighted by atomic mass is 32.1. The van der Waals surface area contributed by atoms with E-state index in [2.05, 4.69) is 254 Å². The molecule has 0 N–H and O–H groups in total. The van der Waals surface area contributed by atoms with Gasteiger partial charge in [-0.1, -0.05) is 194 Å². The van der Waals surface area contributed by atoms with E-state index in [0.29, 0.717) is 0 Å². The van der Waals surface area contributed by atoms with Gasteiger partial charge in [0.15, 0.2) is 0 Å². The van der Waals surface area contributed by atoms with Crippen LogP contribution in [0.3, 0.4) is 0 Å². The predicted molar refractivity (Wildman–Crippen MR) is 276 cm³/mol. The average Bonchev–Trinajstić information content (AvgIpc) is 3.75. The molecule has 0 unspecified atom stereocenters. The highest BCUT2D eigenvalue weighted by molar-refractivity contribution is 7.25. The molecule has 300 valence electrons. The second kappa shape index (κ2) is 16.0. The number of anilines is 3. The van der Waals surface area contributed by atoms with Gasteiger partial charge < -0.3 is 4.90 Å². The quantitative estimate of drug-likeness (QED) is 0.138. The van der Waals surface area contributed by atoms with Crippen molar-refractivity contribution in [2.75, 3.05) is 4.90 Å². The Morgan fingerprint density at radius 1 is 0.266 bits per heavy atom. The lowest BCUT2D eigenvalue weighted by Gasteiger charge is -2.30. The van der Waals surface area contributed by atoms with Crippen LogP contribution in [-0.2, 0) is 0 Å². The molecule has 0 spiro atoms. The van der Waals surface area contributed by atoms with Crippen molar-refractivity contribution in [3.8, 4) is 55.6 Å². The maximum absolute atomic E-state index is 2.45. The summed E-state index contributed by atoms with van der Waals surface area (Å²) in [6, 6.07) is 91.0. The fourth-order valence-corrected chi connectivity index (χ4v) is 10.7. The van der Waals surface area contributed by atoms with Gasteiger partial charge in [0, 0.05) is 37.1 Å². The van der Waals surface area contributed by atoms with Gasteiger partial charge in [-0.3, -0.25) is 0 Å². The van der Waals surface area contributed by atoms with Crippen LogP contribution in [-0.4, -0.2) is 0 Å². The van der Waals surface area contributed by atoms with Crippen LogP contribution < -0.4 is 4.90 Å². The van der Waals surface area contributed by atoms with Crippen molar-refractivity contribution in [1.82, 2.24) is 0 Å². The summed E-state index contributed by atoms with van der Waals surface area (Å²) in [6.45, 7) is 0. The van der Waals surface area contributed by atoms with Crippen molar-refractivity contribution in [2.45, 2.75) is 0 Å². The molecule has 0 fully saturated rings. The van der Waals surface area contributed by atoms with Gasteiger partial charge in [-0.15, -0.1) is 11.3 Å². The molecule has 2 heteroatoms. The molecule has 1 nitrogen and oxygen atoms in total. The smallest absolute Gasteiger partial charge is 0.0546 e. The first-order valence-corrected chi connectivity index (χ1v) is 22.7. The minimum atomic E-state index is 1.08. The number of fused-ring (bicyclic) bond motifs is 6. The summed E-state index contributed by atoms with van der Waals surface area (Å²) in [5, 5.41) is 7.67. The fraction of sp³-hybridized carbons (Fsp3) is 0. The van der Waals surface area contributed by atoms with E-state index >= 15 is 0 Å². The highest BCUT2D eigenvalue weighted by Crippen LogP contribution is 2.49. The van der Waals surface area contributed by atoms with E-state index in [4.69, 9.17) is 0 Å². The molecule has 0 saturated heterocycles. The zero-order valence-electron chi connectivity index (χ0n) is 35.0. The van der Waals surface area contributed by atoms with Gasteiger partial charge in [0.1, 0.15) is 0 Å². The van der Waals surface area contributed by atoms with Gasteiger partial charge in [0.2, 0.25) is 0 Å². The van der Waals surface area contributed by atoms with E-state index in [1.54, 1.807) is 0 Å². The molecule has 11 aromatic carbocycles. The molecule has 0 radical (unpaired) electrons. The normalized spacial score (nSPS) is 11.4. The van der Waals surface area contributed by atoms with E-state index in [9.17, 15) is 0 Å². The Kier molecular flexibility index (Phi) is 9.43. The van der Waals surface area contributed by atoms with Crippen molar-refractivity contribution in [3.63, 3.8) is 0 Å². The maximum atomic E-state index is 2.45. The molecule has 1 heterocycles.